The van der Waals surface area contributed by atoms with Crippen LogP contribution in [0.5, 0.6) is 0 Å². The van der Waals surface area contributed by atoms with Crippen LogP contribution >= 0.6 is 48.0 Å². The Morgan fingerprint density at radius 1 is 1.42 bits per heavy atom. The van der Waals surface area contributed by atoms with Gasteiger partial charge in [0, 0.05) is 11.0 Å². The SMILES string of the molecule is CC(CSC(N)=S)SC(N)=S.[H-].[K+]. The van der Waals surface area contributed by atoms with Crippen LogP contribution in [-0.2, 0) is 0 Å². The van der Waals surface area contributed by atoms with Crippen molar-refractivity contribution in [2.24, 2.45) is 11.5 Å². The van der Waals surface area contributed by atoms with Crippen molar-refractivity contribution in [2.45, 2.75) is 12.2 Å². The van der Waals surface area contributed by atoms with Gasteiger partial charge in [-0.05, 0) is 0 Å². The molecule has 0 spiro atoms. The van der Waals surface area contributed by atoms with Gasteiger partial charge in [0.1, 0.15) is 8.64 Å². The second-order valence-electron chi connectivity index (χ2n) is 1.88. The Balaban J connectivity index is -0.000000500. The fourth-order valence-electron chi connectivity index (χ4n) is 0.432. The van der Waals surface area contributed by atoms with Gasteiger partial charge in [-0.1, -0.05) is 54.9 Å². The predicted octanol–water partition coefficient (Wildman–Crippen LogP) is -1.55. The van der Waals surface area contributed by atoms with Crippen LogP contribution in [-0.4, -0.2) is 19.6 Å². The molecule has 1 atom stereocenters. The minimum absolute atomic E-state index is 0. The number of hydrogen-bond donors (Lipinski definition) is 2. The molecule has 0 aromatic rings. The number of thioether (sulfide) groups is 2. The first-order chi connectivity index (χ1) is 5.02. The fraction of sp³-hybridized carbons (Fsp3) is 0.600. The molecule has 0 fully saturated rings. The number of thiocarbonyl (C=S) groups is 2. The molecule has 0 aliphatic rings. The summed E-state index contributed by atoms with van der Waals surface area (Å²) in [5, 5.41) is 0.374. The van der Waals surface area contributed by atoms with Crippen molar-refractivity contribution in [1.82, 2.24) is 0 Å². The molecule has 2 nitrogen and oxygen atoms in total. The molecule has 4 N–H and O–H groups in total. The Labute approximate surface area is 136 Å². The van der Waals surface area contributed by atoms with Gasteiger partial charge in [0.05, 0.1) is 0 Å². The molecule has 0 bridgehead atoms. The van der Waals surface area contributed by atoms with E-state index in [0.29, 0.717) is 13.9 Å². The van der Waals surface area contributed by atoms with Crippen molar-refractivity contribution < 1.29 is 52.8 Å². The zero-order valence-corrected chi connectivity index (χ0v) is 13.5. The van der Waals surface area contributed by atoms with Crippen LogP contribution in [0.4, 0.5) is 0 Å². The Kier molecular flexibility index (Phi) is 13.3. The van der Waals surface area contributed by atoms with Gasteiger partial charge >= 0.3 is 51.4 Å². The Hall–Kier alpha value is 2.12. The molecule has 0 heterocycles. The number of nitrogens with two attached hydrogens (primary N) is 2. The second-order valence-corrected chi connectivity index (χ2v) is 5.82. The maximum absolute atomic E-state index is 5.32. The van der Waals surface area contributed by atoms with Crippen molar-refractivity contribution >= 4 is 56.6 Å². The van der Waals surface area contributed by atoms with Gasteiger partial charge in [-0.3, -0.25) is 0 Å². The minimum Gasteiger partial charge on any atom is -1.00 e. The summed E-state index contributed by atoms with van der Waals surface area (Å²) in [5.41, 5.74) is 10.6. The average Bonchev–Trinajstić information content (AvgIpc) is 1.82. The molecule has 12 heavy (non-hydrogen) atoms. The summed E-state index contributed by atoms with van der Waals surface area (Å²) >= 11 is 12.3. The molecule has 0 radical (unpaired) electrons. The maximum atomic E-state index is 5.32. The third-order valence-electron chi connectivity index (χ3n) is 0.778. The van der Waals surface area contributed by atoms with E-state index in [1.807, 2.05) is 6.92 Å². The van der Waals surface area contributed by atoms with Crippen molar-refractivity contribution in [3.63, 3.8) is 0 Å². The largest absolute Gasteiger partial charge is 1.00 e. The number of hydrogen-bond acceptors (Lipinski definition) is 4. The molecular weight excluding hydrogens is 255 g/mol. The van der Waals surface area contributed by atoms with Crippen LogP contribution in [0.1, 0.15) is 8.35 Å². The molecule has 66 valence electrons. The first-order valence-electron chi connectivity index (χ1n) is 2.90. The maximum Gasteiger partial charge on any atom is 1.00 e. The Morgan fingerprint density at radius 3 is 2.25 bits per heavy atom. The fourth-order valence-corrected chi connectivity index (χ4v) is 2.40. The van der Waals surface area contributed by atoms with Crippen LogP contribution in [0.2, 0.25) is 0 Å². The average molecular weight is 267 g/mol. The molecule has 0 aromatic heterocycles. The molecular formula is C5H11KN2S4. The summed E-state index contributed by atoms with van der Waals surface area (Å²) in [4.78, 5) is 0. The molecule has 1 unspecified atom stereocenters. The van der Waals surface area contributed by atoms with E-state index in [9.17, 15) is 0 Å². The molecule has 7 heteroatoms. The predicted molar refractivity (Wildman–Crippen MR) is 64.2 cm³/mol. The van der Waals surface area contributed by atoms with Crippen LogP contribution in [0.15, 0.2) is 0 Å². The smallest absolute Gasteiger partial charge is 1.00 e. The van der Waals surface area contributed by atoms with Crippen molar-refractivity contribution in [2.75, 3.05) is 5.75 Å². The number of rotatable bonds is 3. The zero-order valence-electron chi connectivity index (χ0n) is 8.07. The van der Waals surface area contributed by atoms with E-state index in [1.165, 1.54) is 23.5 Å². The van der Waals surface area contributed by atoms with Gasteiger partial charge in [-0.15, -0.1) is 0 Å². The summed E-state index contributed by atoms with van der Waals surface area (Å²) in [7, 11) is 0. The van der Waals surface area contributed by atoms with Gasteiger partial charge in [0.2, 0.25) is 0 Å². The van der Waals surface area contributed by atoms with Gasteiger partial charge in [-0.2, -0.15) is 0 Å². The van der Waals surface area contributed by atoms with Crippen molar-refractivity contribution in [1.29, 1.82) is 0 Å². The monoisotopic (exact) mass is 266 g/mol. The zero-order chi connectivity index (χ0) is 8.85. The van der Waals surface area contributed by atoms with Gasteiger partial charge in [0.25, 0.3) is 0 Å². The van der Waals surface area contributed by atoms with Crippen molar-refractivity contribution in [3.8, 4) is 0 Å². The van der Waals surface area contributed by atoms with E-state index in [0.717, 1.165) is 5.75 Å². The summed E-state index contributed by atoms with van der Waals surface area (Å²) < 4.78 is 0.946. The van der Waals surface area contributed by atoms with E-state index in [-0.39, 0.29) is 52.8 Å². The van der Waals surface area contributed by atoms with Crippen molar-refractivity contribution in [3.05, 3.63) is 0 Å². The van der Waals surface area contributed by atoms with E-state index >= 15 is 0 Å². The third-order valence-corrected chi connectivity index (χ3v) is 3.38. The molecule has 0 saturated heterocycles. The van der Waals surface area contributed by atoms with Gasteiger partial charge < -0.3 is 12.9 Å². The van der Waals surface area contributed by atoms with E-state index in [2.05, 4.69) is 0 Å². The summed E-state index contributed by atoms with van der Waals surface area (Å²) in [5.74, 6) is 0.858. The Morgan fingerprint density at radius 2 is 1.92 bits per heavy atom. The topological polar surface area (TPSA) is 52.0 Å². The molecule has 0 aromatic carbocycles. The molecule has 0 aliphatic heterocycles. The summed E-state index contributed by atoms with van der Waals surface area (Å²) in [6, 6.07) is 0. The molecule has 0 aliphatic carbocycles. The third kappa shape index (κ3) is 12.1. The normalized spacial score (nSPS) is 11.4. The van der Waals surface area contributed by atoms with Crippen LogP contribution in [0, 0.1) is 0 Å². The van der Waals surface area contributed by atoms with E-state index < -0.39 is 0 Å². The minimum atomic E-state index is 0. The molecule has 0 saturated carbocycles. The van der Waals surface area contributed by atoms with E-state index in [1.54, 1.807) is 0 Å². The van der Waals surface area contributed by atoms with Gasteiger partial charge in [0.15, 0.2) is 0 Å². The van der Waals surface area contributed by atoms with Crippen LogP contribution in [0.25, 0.3) is 0 Å². The molecule has 0 amide bonds. The second kappa shape index (κ2) is 9.66. The standard InChI is InChI=1S/C5H10N2S4.K.H/c1-3(11-5(7)9)2-10-4(6)8;;/h3H,2H2,1H3,(H2,6,8)(H2,7,9);;/q;+1;-1. The van der Waals surface area contributed by atoms with Crippen LogP contribution in [0.3, 0.4) is 0 Å². The quantitative estimate of drug-likeness (QED) is 0.476. The summed E-state index contributed by atoms with van der Waals surface area (Å²) in [6.07, 6.45) is 0. The van der Waals surface area contributed by atoms with Gasteiger partial charge in [-0.25, -0.2) is 0 Å². The summed E-state index contributed by atoms with van der Waals surface area (Å²) in [6.45, 7) is 2.04. The first-order valence-corrected chi connectivity index (χ1v) is 5.59. The van der Waals surface area contributed by atoms with Crippen LogP contribution < -0.4 is 62.9 Å². The van der Waals surface area contributed by atoms with E-state index in [4.69, 9.17) is 35.9 Å². The first kappa shape index (κ1) is 16.5. The molecule has 0 rings (SSSR count). The Bertz CT molecular complexity index is 169.